The number of nitrogens with zero attached hydrogens (tertiary/aromatic N) is 1. The second-order valence-electron chi connectivity index (χ2n) is 6.82. The molecular weight excluding hydrogens is 386 g/mol. The van der Waals surface area contributed by atoms with Crippen molar-refractivity contribution in [1.29, 1.82) is 0 Å². The van der Waals surface area contributed by atoms with Gasteiger partial charge in [-0.15, -0.1) is 0 Å². The second-order valence-corrected chi connectivity index (χ2v) is 7.81. The Labute approximate surface area is 173 Å². The molecule has 150 valence electrons. The molecule has 7 heteroatoms. The maximum Gasteiger partial charge on any atom is 0.279 e. The smallest absolute Gasteiger partial charge is 0.279 e. The number of amides is 1. The van der Waals surface area contributed by atoms with Crippen molar-refractivity contribution in [1.82, 2.24) is 10.3 Å². The molecule has 1 aliphatic heterocycles. The van der Waals surface area contributed by atoms with Crippen LogP contribution in [-0.4, -0.2) is 24.0 Å². The summed E-state index contributed by atoms with van der Waals surface area (Å²) in [4.78, 5) is 16.8. The quantitative estimate of drug-likeness (QED) is 0.574. The zero-order valence-corrected chi connectivity index (χ0v) is 16.8. The van der Waals surface area contributed by atoms with Gasteiger partial charge < -0.3 is 20.5 Å². The van der Waals surface area contributed by atoms with Crippen molar-refractivity contribution in [3.8, 4) is 16.7 Å². The summed E-state index contributed by atoms with van der Waals surface area (Å²) < 4.78 is 12.0. The summed E-state index contributed by atoms with van der Waals surface area (Å²) in [6.07, 6.45) is 4.19. The lowest BCUT2D eigenvalue weighted by atomic mass is 9.97. The van der Waals surface area contributed by atoms with E-state index in [-0.39, 0.29) is 12.0 Å². The molecule has 4 rings (SSSR count). The van der Waals surface area contributed by atoms with Gasteiger partial charge in [0.25, 0.3) is 11.1 Å². The number of benzene rings is 2. The fourth-order valence-electron chi connectivity index (χ4n) is 3.23. The van der Waals surface area contributed by atoms with Crippen molar-refractivity contribution >= 4 is 17.2 Å². The molecular formula is C22H23N3O3S. The number of aryl methyl sites for hydroxylation is 1. The van der Waals surface area contributed by atoms with Crippen LogP contribution in [0.4, 0.5) is 0 Å². The van der Waals surface area contributed by atoms with E-state index in [0.29, 0.717) is 28.9 Å². The first-order valence-electron chi connectivity index (χ1n) is 9.69. The van der Waals surface area contributed by atoms with Crippen LogP contribution in [0, 0.1) is 0 Å². The van der Waals surface area contributed by atoms with Crippen LogP contribution in [0.25, 0.3) is 0 Å². The SMILES string of the molecule is NCCCNC(=O)c1cnc(Oc2ccc3c(c2)CC[C@@H](c2ccccc2)O3)s1. The Morgan fingerprint density at radius 2 is 2.14 bits per heavy atom. The van der Waals surface area contributed by atoms with Gasteiger partial charge in [0.2, 0.25) is 0 Å². The first-order chi connectivity index (χ1) is 14.2. The summed E-state index contributed by atoms with van der Waals surface area (Å²) in [6.45, 7) is 1.10. The Kier molecular flexibility index (Phi) is 6.07. The molecule has 29 heavy (non-hydrogen) atoms. The van der Waals surface area contributed by atoms with E-state index in [9.17, 15) is 4.79 Å². The molecule has 2 heterocycles. The topological polar surface area (TPSA) is 86.5 Å². The first kappa shape index (κ1) is 19.4. The Bertz CT molecular complexity index is 974. The highest BCUT2D eigenvalue weighted by Crippen LogP contribution is 2.37. The van der Waals surface area contributed by atoms with Gasteiger partial charge in [-0.05, 0) is 55.1 Å². The number of fused-ring (bicyclic) bond motifs is 1. The molecule has 0 aliphatic carbocycles. The van der Waals surface area contributed by atoms with E-state index >= 15 is 0 Å². The molecule has 0 unspecified atom stereocenters. The number of nitrogens with two attached hydrogens (primary N) is 1. The van der Waals surface area contributed by atoms with Crippen LogP contribution in [0.15, 0.2) is 54.7 Å². The summed E-state index contributed by atoms with van der Waals surface area (Å²) in [5, 5.41) is 3.25. The largest absolute Gasteiger partial charge is 0.485 e. The van der Waals surface area contributed by atoms with Crippen molar-refractivity contribution < 1.29 is 14.3 Å². The van der Waals surface area contributed by atoms with Crippen molar-refractivity contribution in [2.75, 3.05) is 13.1 Å². The van der Waals surface area contributed by atoms with Crippen LogP contribution in [0.3, 0.4) is 0 Å². The summed E-state index contributed by atoms with van der Waals surface area (Å²) >= 11 is 1.22. The van der Waals surface area contributed by atoms with Crippen LogP contribution in [0.1, 0.15) is 39.7 Å². The fraction of sp³-hybridized carbons (Fsp3) is 0.273. The number of ether oxygens (including phenoxy) is 2. The molecule has 0 saturated carbocycles. The van der Waals surface area contributed by atoms with E-state index < -0.39 is 0 Å². The lowest BCUT2D eigenvalue weighted by Crippen LogP contribution is -2.25. The molecule has 1 atom stereocenters. The van der Waals surface area contributed by atoms with Gasteiger partial charge in [0, 0.05) is 6.54 Å². The lowest BCUT2D eigenvalue weighted by molar-refractivity contribution is 0.0957. The maximum atomic E-state index is 12.1. The molecule has 1 amide bonds. The van der Waals surface area contributed by atoms with Crippen molar-refractivity contribution in [2.24, 2.45) is 5.73 Å². The van der Waals surface area contributed by atoms with E-state index in [1.807, 2.05) is 36.4 Å². The number of nitrogens with one attached hydrogen (secondary N) is 1. The highest BCUT2D eigenvalue weighted by atomic mass is 32.1. The molecule has 2 aromatic carbocycles. The highest BCUT2D eigenvalue weighted by molar-refractivity contribution is 7.15. The van der Waals surface area contributed by atoms with Gasteiger partial charge in [0.15, 0.2) is 0 Å². The molecule has 0 bridgehead atoms. The third-order valence-corrected chi connectivity index (χ3v) is 5.60. The third kappa shape index (κ3) is 4.75. The van der Waals surface area contributed by atoms with E-state index in [4.69, 9.17) is 15.2 Å². The monoisotopic (exact) mass is 409 g/mol. The normalized spacial score (nSPS) is 15.3. The van der Waals surface area contributed by atoms with E-state index in [2.05, 4.69) is 22.4 Å². The summed E-state index contributed by atoms with van der Waals surface area (Å²) in [5.41, 5.74) is 7.75. The first-order valence-corrected chi connectivity index (χ1v) is 10.5. The molecule has 3 aromatic rings. The minimum atomic E-state index is -0.156. The van der Waals surface area contributed by atoms with Crippen molar-refractivity contribution in [2.45, 2.75) is 25.4 Å². The number of hydrogen-bond acceptors (Lipinski definition) is 6. The molecule has 0 fully saturated rings. The zero-order chi connectivity index (χ0) is 20.1. The minimum Gasteiger partial charge on any atom is -0.485 e. The van der Waals surface area contributed by atoms with E-state index in [1.165, 1.54) is 23.1 Å². The minimum absolute atomic E-state index is 0.0785. The molecule has 0 spiro atoms. The van der Waals surface area contributed by atoms with Crippen molar-refractivity contribution in [3.05, 3.63) is 70.7 Å². The predicted octanol–water partition coefficient (Wildman–Crippen LogP) is 4.08. The second kappa shape index (κ2) is 9.07. The molecule has 0 radical (unpaired) electrons. The fourth-order valence-corrected chi connectivity index (χ4v) is 3.93. The standard InChI is InChI=1S/C22H23N3O3S/c23-11-4-12-24-21(26)20-14-25-22(29-20)27-17-8-10-19-16(13-17)7-9-18(28-19)15-5-2-1-3-6-15/h1-3,5-6,8,10,13-14,18H,4,7,9,11-12,23H2,(H,24,26)/t18-/m0/s1. The van der Waals surface area contributed by atoms with Gasteiger partial charge in [-0.2, -0.15) is 0 Å². The number of carbonyl (C=O) groups excluding carboxylic acids is 1. The number of carbonyl (C=O) groups is 1. The Morgan fingerprint density at radius 1 is 1.28 bits per heavy atom. The van der Waals surface area contributed by atoms with Crippen LogP contribution < -0.4 is 20.5 Å². The van der Waals surface area contributed by atoms with E-state index in [0.717, 1.165) is 30.6 Å². The summed E-state index contributed by atoms with van der Waals surface area (Å²) in [7, 11) is 0. The van der Waals surface area contributed by atoms with Gasteiger partial charge in [0.1, 0.15) is 22.5 Å². The number of thiazole rings is 1. The third-order valence-electron chi connectivity index (χ3n) is 4.73. The average molecular weight is 410 g/mol. The average Bonchev–Trinajstić information content (AvgIpc) is 3.23. The predicted molar refractivity (Wildman–Crippen MR) is 113 cm³/mol. The Balaban J connectivity index is 1.40. The Hall–Kier alpha value is -2.90. The summed E-state index contributed by atoms with van der Waals surface area (Å²) in [5.74, 6) is 1.42. The van der Waals surface area contributed by atoms with Crippen LogP contribution in [0.2, 0.25) is 0 Å². The zero-order valence-electron chi connectivity index (χ0n) is 16.0. The van der Waals surface area contributed by atoms with E-state index in [1.54, 1.807) is 0 Å². The molecule has 1 aromatic heterocycles. The van der Waals surface area contributed by atoms with Gasteiger partial charge >= 0.3 is 0 Å². The Morgan fingerprint density at radius 3 is 2.97 bits per heavy atom. The van der Waals surface area contributed by atoms with Crippen molar-refractivity contribution in [3.63, 3.8) is 0 Å². The van der Waals surface area contributed by atoms with Crippen LogP contribution in [0.5, 0.6) is 16.7 Å². The van der Waals surface area contributed by atoms with Crippen LogP contribution in [-0.2, 0) is 6.42 Å². The lowest BCUT2D eigenvalue weighted by Gasteiger charge is -2.26. The summed E-state index contributed by atoms with van der Waals surface area (Å²) in [6, 6.07) is 16.1. The molecule has 1 aliphatic rings. The number of aromatic nitrogens is 1. The molecule has 6 nitrogen and oxygen atoms in total. The molecule has 3 N–H and O–H groups in total. The number of rotatable bonds is 7. The van der Waals surface area contributed by atoms with Crippen LogP contribution >= 0.6 is 11.3 Å². The maximum absolute atomic E-state index is 12.1. The van der Waals surface area contributed by atoms with Gasteiger partial charge in [0.05, 0.1) is 6.20 Å². The highest BCUT2D eigenvalue weighted by Gasteiger charge is 2.22. The number of hydrogen-bond donors (Lipinski definition) is 2. The van der Waals surface area contributed by atoms with Gasteiger partial charge in [-0.25, -0.2) is 4.98 Å². The van der Waals surface area contributed by atoms with Gasteiger partial charge in [-0.1, -0.05) is 41.7 Å². The van der Waals surface area contributed by atoms with Gasteiger partial charge in [-0.3, -0.25) is 4.79 Å². The molecule has 0 saturated heterocycles.